The van der Waals surface area contributed by atoms with E-state index in [-0.39, 0.29) is 19.4 Å². The SMILES string of the molecule is CC(C)(COC(=O)OC1C(=O)CCC1=O)C(=O)C(=O)N1CCCCC1C(=O)O[C@H](CCc1ccccc1)c1ccccc1. The van der Waals surface area contributed by atoms with Crippen LogP contribution in [0.3, 0.4) is 0 Å². The molecule has 2 fully saturated rings. The van der Waals surface area contributed by atoms with Crippen LogP contribution >= 0.6 is 0 Å². The molecule has 0 N–H and O–H groups in total. The van der Waals surface area contributed by atoms with Crippen LogP contribution in [0.15, 0.2) is 60.7 Å². The Labute approximate surface area is 250 Å². The number of carbonyl (C=O) groups excluding carboxylic acids is 6. The van der Waals surface area contributed by atoms with Gasteiger partial charge in [0.25, 0.3) is 5.91 Å². The number of hydrogen-bond acceptors (Lipinski definition) is 9. The molecule has 10 nitrogen and oxygen atoms in total. The van der Waals surface area contributed by atoms with E-state index in [1.807, 2.05) is 60.7 Å². The zero-order valence-corrected chi connectivity index (χ0v) is 24.5. The Morgan fingerprint density at radius 1 is 0.907 bits per heavy atom. The van der Waals surface area contributed by atoms with Gasteiger partial charge in [-0.2, -0.15) is 0 Å². The predicted molar refractivity (Wildman–Crippen MR) is 154 cm³/mol. The van der Waals surface area contributed by atoms with Crippen molar-refractivity contribution in [2.24, 2.45) is 5.41 Å². The number of benzene rings is 2. The van der Waals surface area contributed by atoms with E-state index in [4.69, 9.17) is 14.2 Å². The minimum absolute atomic E-state index is 0.00613. The second-order valence-electron chi connectivity index (χ2n) is 11.6. The third-order valence-electron chi connectivity index (χ3n) is 7.78. The Hall–Kier alpha value is -4.34. The molecule has 0 spiro atoms. The Morgan fingerprint density at radius 3 is 2.19 bits per heavy atom. The van der Waals surface area contributed by atoms with Crippen molar-refractivity contribution < 1.29 is 43.0 Å². The number of piperidine rings is 1. The number of likely N-dealkylation sites (tertiary alicyclic amines) is 1. The quantitative estimate of drug-likeness (QED) is 0.213. The Balaban J connectivity index is 1.40. The average molecular weight is 592 g/mol. The van der Waals surface area contributed by atoms with Crippen molar-refractivity contribution >= 4 is 35.4 Å². The lowest BCUT2D eigenvalue weighted by molar-refractivity contribution is -0.165. The fraction of sp³-hybridized carbons (Fsp3) is 0.455. The largest absolute Gasteiger partial charge is 0.509 e. The van der Waals surface area contributed by atoms with Crippen LogP contribution in [0.4, 0.5) is 4.79 Å². The molecule has 0 bridgehead atoms. The average Bonchev–Trinajstić information content (AvgIpc) is 3.34. The normalized spacial score (nSPS) is 18.2. The van der Waals surface area contributed by atoms with Crippen LogP contribution in [0.5, 0.6) is 0 Å². The van der Waals surface area contributed by atoms with Crippen LogP contribution in [0.2, 0.25) is 0 Å². The van der Waals surface area contributed by atoms with E-state index in [9.17, 15) is 28.8 Å². The topological polar surface area (TPSA) is 133 Å². The summed E-state index contributed by atoms with van der Waals surface area (Å²) in [5.74, 6) is -3.32. The highest BCUT2D eigenvalue weighted by atomic mass is 16.7. The third-order valence-corrected chi connectivity index (χ3v) is 7.78. The van der Waals surface area contributed by atoms with Crippen LogP contribution in [-0.4, -0.2) is 65.6 Å². The number of carbonyl (C=O) groups is 6. The molecule has 228 valence electrons. The Bertz CT molecular complexity index is 1320. The summed E-state index contributed by atoms with van der Waals surface area (Å²) in [7, 11) is 0. The van der Waals surface area contributed by atoms with Crippen LogP contribution in [-0.2, 0) is 44.6 Å². The molecule has 1 unspecified atom stereocenters. The van der Waals surface area contributed by atoms with Crippen molar-refractivity contribution in [3.05, 3.63) is 71.8 Å². The number of aryl methyl sites for hydroxylation is 1. The van der Waals surface area contributed by atoms with Gasteiger partial charge >= 0.3 is 12.1 Å². The zero-order valence-electron chi connectivity index (χ0n) is 24.5. The molecule has 2 aromatic carbocycles. The molecule has 1 heterocycles. The van der Waals surface area contributed by atoms with Crippen molar-refractivity contribution in [3.8, 4) is 0 Å². The van der Waals surface area contributed by atoms with Crippen molar-refractivity contribution in [1.82, 2.24) is 4.90 Å². The van der Waals surface area contributed by atoms with Crippen LogP contribution in [0.1, 0.15) is 69.6 Å². The van der Waals surface area contributed by atoms with Crippen LogP contribution in [0, 0.1) is 5.41 Å². The smallest absolute Gasteiger partial charge is 0.456 e. The van der Waals surface area contributed by atoms with Gasteiger partial charge in [-0.05, 0) is 57.1 Å². The van der Waals surface area contributed by atoms with Crippen molar-refractivity contribution in [1.29, 1.82) is 0 Å². The van der Waals surface area contributed by atoms with Gasteiger partial charge in [0, 0.05) is 19.4 Å². The lowest BCUT2D eigenvalue weighted by atomic mass is 9.87. The molecule has 2 atom stereocenters. The van der Waals surface area contributed by atoms with Gasteiger partial charge in [-0.1, -0.05) is 60.7 Å². The molecular formula is C33H37NO9. The monoisotopic (exact) mass is 591 g/mol. The molecule has 1 aliphatic carbocycles. The molecule has 10 heteroatoms. The van der Waals surface area contributed by atoms with Crippen LogP contribution in [0.25, 0.3) is 0 Å². The fourth-order valence-electron chi connectivity index (χ4n) is 5.22. The second kappa shape index (κ2) is 14.2. The highest BCUT2D eigenvalue weighted by Crippen LogP contribution is 2.28. The summed E-state index contributed by atoms with van der Waals surface area (Å²) in [6.07, 6.45) is -0.453. The van der Waals surface area contributed by atoms with E-state index >= 15 is 0 Å². The molecular weight excluding hydrogens is 554 g/mol. The van der Waals surface area contributed by atoms with Crippen molar-refractivity contribution in [3.63, 3.8) is 0 Å². The zero-order chi connectivity index (χ0) is 31.0. The predicted octanol–water partition coefficient (Wildman–Crippen LogP) is 4.33. The van der Waals surface area contributed by atoms with Gasteiger partial charge in [-0.25, -0.2) is 9.59 Å². The first-order chi connectivity index (χ1) is 20.6. The molecule has 1 saturated carbocycles. The van der Waals surface area contributed by atoms with E-state index < -0.39 is 65.7 Å². The molecule has 0 aromatic heterocycles. The number of ketones is 3. The standard InChI is InChI=1S/C33H37NO9/c1-33(2,21-41-32(40)43-28-25(35)17-18-26(28)36)29(37)30(38)34-20-10-9-15-24(34)31(39)42-27(23-13-7-4-8-14-23)19-16-22-11-5-3-6-12-22/h3-8,11-14,24,27-28H,9-10,15-21H2,1-2H3/t24?,27-/m1/s1. The molecule has 2 aromatic rings. The fourth-order valence-corrected chi connectivity index (χ4v) is 5.22. The first-order valence-electron chi connectivity index (χ1n) is 14.6. The van der Waals surface area contributed by atoms with Gasteiger partial charge in [-0.3, -0.25) is 19.2 Å². The number of esters is 1. The van der Waals surface area contributed by atoms with E-state index in [0.29, 0.717) is 32.1 Å². The summed E-state index contributed by atoms with van der Waals surface area (Å²) in [4.78, 5) is 77.1. The minimum atomic E-state index is -1.50. The Kier molecular flexibility index (Phi) is 10.4. The minimum Gasteiger partial charge on any atom is -0.456 e. The molecule has 43 heavy (non-hydrogen) atoms. The van der Waals surface area contributed by atoms with Gasteiger partial charge in [-0.15, -0.1) is 0 Å². The molecule has 1 aliphatic heterocycles. The van der Waals surface area contributed by atoms with Crippen LogP contribution < -0.4 is 0 Å². The number of nitrogens with zero attached hydrogens (tertiary/aromatic N) is 1. The first-order valence-corrected chi connectivity index (χ1v) is 14.6. The van der Waals surface area contributed by atoms with E-state index in [2.05, 4.69) is 0 Å². The van der Waals surface area contributed by atoms with Gasteiger partial charge < -0.3 is 19.1 Å². The summed E-state index contributed by atoms with van der Waals surface area (Å²) in [5, 5.41) is 0. The summed E-state index contributed by atoms with van der Waals surface area (Å²) in [6, 6.07) is 18.3. The lowest BCUT2D eigenvalue weighted by Gasteiger charge is -2.36. The highest BCUT2D eigenvalue weighted by Gasteiger charge is 2.43. The van der Waals surface area contributed by atoms with Crippen molar-refractivity contribution in [2.45, 2.75) is 77.0 Å². The third kappa shape index (κ3) is 8.15. The molecule has 1 saturated heterocycles. The molecule has 0 radical (unpaired) electrons. The lowest BCUT2D eigenvalue weighted by Crippen LogP contribution is -2.53. The van der Waals surface area contributed by atoms with E-state index in [0.717, 1.165) is 11.1 Å². The van der Waals surface area contributed by atoms with Gasteiger partial charge in [0.2, 0.25) is 11.9 Å². The molecule has 4 rings (SSSR count). The maximum atomic E-state index is 13.5. The van der Waals surface area contributed by atoms with E-state index in [1.165, 1.54) is 18.7 Å². The number of hydrogen-bond donors (Lipinski definition) is 0. The van der Waals surface area contributed by atoms with Gasteiger partial charge in [0.05, 0.1) is 5.41 Å². The Morgan fingerprint density at radius 2 is 1.53 bits per heavy atom. The van der Waals surface area contributed by atoms with Gasteiger partial charge in [0.1, 0.15) is 18.8 Å². The summed E-state index contributed by atoms with van der Waals surface area (Å²) in [6.45, 7) is 2.54. The van der Waals surface area contributed by atoms with Gasteiger partial charge in [0.15, 0.2) is 11.6 Å². The number of Topliss-reactive ketones (excluding diaryl/α,β-unsaturated/α-hetero) is 3. The first kappa shape index (κ1) is 31.6. The maximum absolute atomic E-state index is 13.5. The summed E-state index contributed by atoms with van der Waals surface area (Å²) in [5.41, 5.74) is 0.477. The highest BCUT2D eigenvalue weighted by molar-refractivity contribution is 6.38. The second-order valence-corrected chi connectivity index (χ2v) is 11.6. The maximum Gasteiger partial charge on any atom is 0.509 e. The van der Waals surface area contributed by atoms with Crippen molar-refractivity contribution in [2.75, 3.05) is 13.2 Å². The summed E-state index contributed by atoms with van der Waals surface area (Å²) < 4.78 is 15.9. The number of amides is 1. The number of ether oxygens (including phenoxy) is 3. The molecule has 1 amide bonds. The molecule has 2 aliphatic rings. The number of rotatable bonds is 11. The van der Waals surface area contributed by atoms with E-state index in [1.54, 1.807) is 0 Å². The summed E-state index contributed by atoms with van der Waals surface area (Å²) >= 11 is 0.